The molecule has 21 heavy (non-hydrogen) atoms. The van der Waals surface area contributed by atoms with Crippen molar-refractivity contribution in [2.45, 2.75) is 37.8 Å². The Morgan fingerprint density at radius 2 is 2.05 bits per heavy atom. The van der Waals surface area contributed by atoms with Gasteiger partial charge in [0.15, 0.2) is 0 Å². The van der Waals surface area contributed by atoms with Crippen molar-refractivity contribution in [3.05, 3.63) is 35.7 Å². The van der Waals surface area contributed by atoms with Crippen LogP contribution in [0.15, 0.2) is 24.5 Å². The van der Waals surface area contributed by atoms with Gasteiger partial charge in [-0.25, -0.2) is 4.79 Å². The first-order valence-corrected chi connectivity index (χ1v) is 6.91. The summed E-state index contributed by atoms with van der Waals surface area (Å²) in [6, 6.07) is 1.33. The highest BCUT2D eigenvalue weighted by atomic mass is 16.4. The molecular weight excluding hydrogens is 272 g/mol. The molecule has 1 aliphatic rings. The molecule has 2 unspecified atom stereocenters. The monoisotopic (exact) mass is 290 g/mol. The maximum atomic E-state index is 12.1. The topological polar surface area (TPSA) is 99.5 Å². The number of aliphatic hydroxyl groups is 1. The van der Waals surface area contributed by atoms with Crippen molar-refractivity contribution in [3.8, 4) is 0 Å². The fraction of sp³-hybridized carbons (Fsp3) is 0.400. The smallest absolute Gasteiger partial charge is 0.328 e. The number of carboxylic acid groups (broad SMARTS) is 1. The van der Waals surface area contributed by atoms with E-state index in [0.717, 1.165) is 25.3 Å². The lowest BCUT2D eigenvalue weighted by Crippen LogP contribution is -2.45. The Morgan fingerprint density at radius 3 is 2.76 bits per heavy atom. The highest BCUT2D eigenvalue weighted by Crippen LogP contribution is 2.18. The summed E-state index contributed by atoms with van der Waals surface area (Å²) in [4.78, 5) is 26.6. The Morgan fingerprint density at radius 1 is 1.29 bits per heavy atom. The van der Waals surface area contributed by atoms with Crippen LogP contribution in [0.2, 0.25) is 0 Å². The third-order valence-electron chi connectivity index (χ3n) is 3.49. The molecule has 6 heteroatoms. The number of hydrogen-bond acceptors (Lipinski definition) is 4. The Balaban J connectivity index is 2.05. The molecule has 1 aliphatic carbocycles. The number of rotatable bonds is 4. The van der Waals surface area contributed by atoms with Crippen molar-refractivity contribution < 1.29 is 19.8 Å². The van der Waals surface area contributed by atoms with E-state index in [0.29, 0.717) is 17.5 Å². The molecule has 1 fully saturated rings. The minimum absolute atomic E-state index is 0.232. The second-order valence-corrected chi connectivity index (χ2v) is 5.11. The molecule has 3 N–H and O–H groups in total. The van der Waals surface area contributed by atoms with Gasteiger partial charge < -0.3 is 15.5 Å². The molecule has 1 saturated carbocycles. The second-order valence-electron chi connectivity index (χ2n) is 5.11. The van der Waals surface area contributed by atoms with Crippen LogP contribution in [-0.2, 0) is 4.79 Å². The Kier molecular flexibility index (Phi) is 5.05. The normalized spacial score (nSPS) is 22.1. The largest absolute Gasteiger partial charge is 0.478 e. The molecule has 0 bridgehead atoms. The van der Waals surface area contributed by atoms with E-state index in [1.165, 1.54) is 18.5 Å². The first kappa shape index (κ1) is 15.2. The van der Waals surface area contributed by atoms with E-state index in [4.69, 9.17) is 5.11 Å². The van der Waals surface area contributed by atoms with Gasteiger partial charge in [-0.1, -0.05) is 12.8 Å². The average Bonchev–Trinajstić information content (AvgIpc) is 2.48. The second kappa shape index (κ2) is 6.99. The summed E-state index contributed by atoms with van der Waals surface area (Å²) in [7, 11) is 0. The summed E-state index contributed by atoms with van der Waals surface area (Å²) in [5.41, 5.74) is 0.884. The molecule has 0 saturated heterocycles. The van der Waals surface area contributed by atoms with E-state index in [2.05, 4.69) is 10.3 Å². The number of aliphatic carboxylic acids is 1. The summed E-state index contributed by atoms with van der Waals surface area (Å²) < 4.78 is 0. The van der Waals surface area contributed by atoms with Gasteiger partial charge in [-0.15, -0.1) is 0 Å². The van der Waals surface area contributed by atoms with Gasteiger partial charge in [0.25, 0.3) is 5.91 Å². The standard InChI is InChI=1S/C15H18N2O4/c18-13-4-2-1-3-12(13)17-15(21)11-7-10(8-16-9-11)5-6-14(19)20/h5-9,12-13,18H,1-4H2,(H,17,21)(H,19,20). The molecule has 0 radical (unpaired) electrons. The van der Waals surface area contributed by atoms with Crippen LogP contribution in [0.3, 0.4) is 0 Å². The maximum Gasteiger partial charge on any atom is 0.328 e. The van der Waals surface area contributed by atoms with Crippen LogP contribution in [0.4, 0.5) is 0 Å². The average molecular weight is 290 g/mol. The van der Waals surface area contributed by atoms with E-state index < -0.39 is 12.1 Å². The molecule has 0 aromatic carbocycles. The van der Waals surface area contributed by atoms with E-state index in [1.807, 2.05) is 0 Å². The number of hydrogen-bond donors (Lipinski definition) is 3. The van der Waals surface area contributed by atoms with E-state index in [9.17, 15) is 14.7 Å². The fourth-order valence-corrected chi connectivity index (χ4v) is 2.37. The summed E-state index contributed by atoms with van der Waals surface area (Å²) in [5.74, 6) is -1.37. The predicted molar refractivity (Wildman–Crippen MR) is 76.6 cm³/mol. The molecule has 1 aromatic heterocycles. The van der Waals surface area contributed by atoms with Crippen molar-refractivity contribution >= 4 is 18.0 Å². The highest BCUT2D eigenvalue weighted by Gasteiger charge is 2.24. The fourth-order valence-electron chi connectivity index (χ4n) is 2.37. The molecule has 6 nitrogen and oxygen atoms in total. The number of amides is 1. The van der Waals surface area contributed by atoms with Crippen LogP contribution in [0.25, 0.3) is 6.08 Å². The van der Waals surface area contributed by atoms with Crippen molar-refractivity contribution in [2.75, 3.05) is 0 Å². The maximum absolute atomic E-state index is 12.1. The summed E-state index contributed by atoms with van der Waals surface area (Å²) in [6.45, 7) is 0. The molecule has 0 aliphatic heterocycles. The van der Waals surface area contributed by atoms with Gasteiger partial charge in [-0.05, 0) is 30.5 Å². The zero-order valence-corrected chi connectivity index (χ0v) is 11.5. The van der Waals surface area contributed by atoms with E-state index >= 15 is 0 Å². The van der Waals surface area contributed by atoms with Gasteiger partial charge in [0.1, 0.15) is 0 Å². The van der Waals surface area contributed by atoms with Crippen LogP contribution >= 0.6 is 0 Å². The molecule has 0 spiro atoms. The zero-order chi connectivity index (χ0) is 15.2. The molecule has 1 amide bonds. The van der Waals surface area contributed by atoms with Crippen LogP contribution in [0, 0.1) is 0 Å². The number of carbonyl (C=O) groups excluding carboxylic acids is 1. The summed E-state index contributed by atoms with van der Waals surface area (Å²) >= 11 is 0. The summed E-state index contributed by atoms with van der Waals surface area (Å²) in [5, 5.41) is 21.3. The number of carboxylic acids is 1. The zero-order valence-electron chi connectivity index (χ0n) is 11.5. The van der Waals surface area contributed by atoms with Crippen molar-refractivity contribution in [2.24, 2.45) is 0 Å². The lowest BCUT2D eigenvalue weighted by atomic mass is 9.92. The van der Waals surface area contributed by atoms with E-state index in [-0.39, 0.29) is 11.9 Å². The molecular formula is C15H18N2O4. The van der Waals surface area contributed by atoms with Crippen LogP contribution in [0.1, 0.15) is 41.6 Å². The molecule has 2 rings (SSSR count). The number of pyridine rings is 1. The predicted octanol–water partition coefficient (Wildman–Crippen LogP) is 1.21. The third-order valence-corrected chi connectivity index (χ3v) is 3.49. The lowest BCUT2D eigenvalue weighted by Gasteiger charge is -2.28. The quantitative estimate of drug-likeness (QED) is 0.724. The highest BCUT2D eigenvalue weighted by molar-refractivity contribution is 5.95. The third kappa shape index (κ3) is 4.39. The van der Waals surface area contributed by atoms with Gasteiger partial charge in [-0.2, -0.15) is 0 Å². The molecule has 112 valence electrons. The number of carbonyl (C=O) groups is 2. The van der Waals surface area contributed by atoms with Gasteiger partial charge in [0.05, 0.1) is 17.7 Å². The lowest BCUT2D eigenvalue weighted by molar-refractivity contribution is -0.131. The number of nitrogens with one attached hydrogen (secondary N) is 1. The SMILES string of the molecule is O=C(O)C=Cc1cncc(C(=O)NC2CCCCC2O)c1. The van der Waals surface area contributed by atoms with Gasteiger partial charge in [0.2, 0.25) is 0 Å². The number of aromatic nitrogens is 1. The number of nitrogens with zero attached hydrogens (tertiary/aromatic N) is 1. The first-order chi connectivity index (χ1) is 10.1. The van der Waals surface area contributed by atoms with Gasteiger partial charge in [-0.3, -0.25) is 9.78 Å². The van der Waals surface area contributed by atoms with Crippen molar-refractivity contribution in [3.63, 3.8) is 0 Å². The van der Waals surface area contributed by atoms with Crippen LogP contribution in [-0.4, -0.2) is 39.2 Å². The first-order valence-electron chi connectivity index (χ1n) is 6.91. The molecule has 1 heterocycles. The van der Waals surface area contributed by atoms with Crippen molar-refractivity contribution in [1.29, 1.82) is 0 Å². The summed E-state index contributed by atoms with van der Waals surface area (Å²) in [6.07, 6.45) is 8.18. The minimum atomic E-state index is -1.06. The Bertz CT molecular complexity index is 556. The number of aliphatic hydroxyl groups excluding tert-OH is 1. The van der Waals surface area contributed by atoms with E-state index in [1.54, 1.807) is 6.07 Å². The van der Waals surface area contributed by atoms with Gasteiger partial charge >= 0.3 is 5.97 Å². The van der Waals surface area contributed by atoms with Crippen LogP contribution < -0.4 is 5.32 Å². The Labute approximate surface area is 122 Å². The van der Waals surface area contributed by atoms with Crippen molar-refractivity contribution in [1.82, 2.24) is 10.3 Å². The molecule has 1 aromatic rings. The Hall–Kier alpha value is -2.21. The minimum Gasteiger partial charge on any atom is -0.478 e. The van der Waals surface area contributed by atoms with Gasteiger partial charge in [0, 0.05) is 18.5 Å². The molecule has 2 atom stereocenters. The van der Waals surface area contributed by atoms with Crippen LogP contribution in [0.5, 0.6) is 0 Å².